The number of methoxy groups -OCH3 is 1. The van der Waals surface area contributed by atoms with Crippen molar-refractivity contribution in [1.82, 2.24) is 14.8 Å². The zero-order valence-electron chi connectivity index (χ0n) is 9.67. The van der Waals surface area contributed by atoms with Gasteiger partial charge in [0.15, 0.2) is 5.16 Å². The molecular weight excluding hydrogens is 246 g/mol. The summed E-state index contributed by atoms with van der Waals surface area (Å²) in [6.45, 7) is 2.39. The highest BCUT2D eigenvalue weighted by atomic mass is 32.2. The van der Waals surface area contributed by atoms with E-state index in [0.29, 0.717) is 18.2 Å². The van der Waals surface area contributed by atoms with Gasteiger partial charge in [-0.2, -0.15) is 0 Å². The maximum atomic E-state index is 11.5. The summed E-state index contributed by atoms with van der Waals surface area (Å²) >= 11 is 1.02. The first-order valence-electron chi connectivity index (χ1n) is 5.06. The van der Waals surface area contributed by atoms with Crippen LogP contribution in [0, 0.1) is 0 Å². The van der Waals surface area contributed by atoms with Crippen LogP contribution >= 0.6 is 11.8 Å². The monoisotopic (exact) mass is 261 g/mol. The minimum Gasteiger partial charge on any atom is -0.481 e. The number of carboxylic acids is 1. The molecule has 1 aromatic rings. The van der Waals surface area contributed by atoms with Gasteiger partial charge in [-0.05, 0) is 13.3 Å². The summed E-state index contributed by atoms with van der Waals surface area (Å²) < 4.78 is 6.39. The molecule has 0 amide bonds. The van der Waals surface area contributed by atoms with Gasteiger partial charge in [-0.3, -0.25) is 9.36 Å². The maximum Gasteiger partial charge on any atom is 0.344 e. The van der Waals surface area contributed by atoms with E-state index in [1.165, 1.54) is 4.57 Å². The molecule has 96 valence electrons. The van der Waals surface area contributed by atoms with Crippen LogP contribution in [0.25, 0.3) is 0 Å². The van der Waals surface area contributed by atoms with Crippen LogP contribution in [0.15, 0.2) is 9.95 Å². The van der Waals surface area contributed by atoms with Crippen molar-refractivity contribution >= 4 is 17.7 Å². The van der Waals surface area contributed by atoms with Crippen LogP contribution in [0.3, 0.4) is 0 Å². The Morgan fingerprint density at radius 3 is 3.00 bits per heavy atom. The van der Waals surface area contributed by atoms with Gasteiger partial charge in [0, 0.05) is 19.8 Å². The van der Waals surface area contributed by atoms with Crippen LogP contribution in [-0.2, 0) is 9.53 Å². The number of carbonyl (C=O) groups is 1. The zero-order chi connectivity index (χ0) is 12.8. The Morgan fingerprint density at radius 1 is 1.71 bits per heavy atom. The van der Waals surface area contributed by atoms with Crippen LogP contribution in [0.2, 0.25) is 0 Å². The van der Waals surface area contributed by atoms with Crippen LogP contribution in [0.1, 0.15) is 19.4 Å². The quantitative estimate of drug-likeness (QED) is 0.687. The van der Waals surface area contributed by atoms with Crippen molar-refractivity contribution in [1.29, 1.82) is 0 Å². The van der Waals surface area contributed by atoms with Gasteiger partial charge in [-0.1, -0.05) is 11.8 Å². The van der Waals surface area contributed by atoms with Gasteiger partial charge in [-0.15, -0.1) is 5.10 Å². The van der Waals surface area contributed by atoms with E-state index in [2.05, 4.69) is 10.2 Å². The van der Waals surface area contributed by atoms with Gasteiger partial charge in [0.05, 0.1) is 5.75 Å². The minimum absolute atomic E-state index is 0.0857. The molecule has 1 atom stereocenters. The smallest absolute Gasteiger partial charge is 0.344 e. The highest BCUT2D eigenvalue weighted by Crippen LogP contribution is 2.18. The van der Waals surface area contributed by atoms with Gasteiger partial charge >= 0.3 is 11.7 Å². The maximum absolute atomic E-state index is 11.5. The Hall–Kier alpha value is -1.28. The highest BCUT2D eigenvalue weighted by molar-refractivity contribution is 7.99. The summed E-state index contributed by atoms with van der Waals surface area (Å²) in [5, 5.41) is 15.1. The Morgan fingerprint density at radius 2 is 2.41 bits per heavy atom. The molecule has 0 fully saturated rings. The van der Waals surface area contributed by atoms with E-state index in [1.807, 2.05) is 6.92 Å². The fraction of sp³-hybridized carbons (Fsp3) is 0.667. The third-order valence-corrected chi connectivity index (χ3v) is 3.11. The number of aromatic amines is 1. The van der Waals surface area contributed by atoms with E-state index < -0.39 is 5.97 Å². The SMILES string of the molecule is COCCC(C)n1c(SCC(=O)O)n[nH]c1=O. The molecule has 1 rings (SSSR count). The predicted octanol–water partition coefficient (Wildman–Crippen LogP) is 0.346. The normalized spacial score (nSPS) is 12.6. The van der Waals surface area contributed by atoms with E-state index >= 15 is 0 Å². The molecular formula is C9H15N3O4S. The number of aromatic nitrogens is 3. The molecule has 0 aliphatic rings. The van der Waals surface area contributed by atoms with Crippen molar-refractivity contribution in [2.24, 2.45) is 0 Å². The summed E-state index contributed by atoms with van der Waals surface area (Å²) in [5.41, 5.74) is -0.332. The predicted molar refractivity (Wildman–Crippen MR) is 62.4 cm³/mol. The highest BCUT2D eigenvalue weighted by Gasteiger charge is 2.15. The van der Waals surface area contributed by atoms with Crippen molar-refractivity contribution in [2.45, 2.75) is 24.5 Å². The number of aliphatic carboxylic acids is 1. The molecule has 7 nitrogen and oxygen atoms in total. The molecule has 0 saturated carbocycles. The number of ether oxygens (including phenoxy) is 1. The fourth-order valence-corrected chi connectivity index (χ4v) is 2.09. The van der Waals surface area contributed by atoms with E-state index in [9.17, 15) is 9.59 Å². The molecule has 0 bridgehead atoms. The topological polar surface area (TPSA) is 97.2 Å². The molecule has 0 aliphatic carbocycles. The summed E-state index contributed by atoms with van der Waals surface area (Å²) in [4.78, 5) is 22.0. The minimum atomic E-state index is -0.943. The van der Waals surface area contributed by atoms with Crippen LogP contribution in [0.4, 0.5) is 0 Å². The number of nitrogens with zero attached hydrogens (tertiary/aromatic N) is 2. The Labute approximate surface area is 102 Å². The van der Waals surface area contributed by atoms with Crippen molar-refractivity contribution < 1.29 is 14.6 Å². The first-order valence-corrected chi connectivity index (χ1v) is 6.05. The standard InChI is InChI=1S/C9H15N3O4S/c1-6(3-4-16-2)12-8(15)10-11-9(12)17-5-7(13)14/h6H,3-5H2,1-2H3,(H,10,15)(H,13,14). The largest absolute Gasteiger partial charge is 0.481 e. The van der Waals surface area contributed by atoms with Gasteiger partial charge in [-0.25, -0.2) is 9.89 Å². The summed E-state index contributed by atoms with van der Waals surface area (Å²) in [6, 6.07) is -0.0857. The molecule has 0 saturated heterocycles. The lowest BCUT2D eigenvalue weighted by Crippen LogP contribution is -2.22. The van der Waals surface area contributed by atoms with Gasteiger partial charge in [0.25, 0.3) is 0 Å². The van der Waals surface area contributed by atoms with E-state index in [1.54, 1.807) is 7.11 Å². The molecule has 0 aliphatic heterocycles. The van der Waals surface area contributed by atoms with E-state index in [-0.39, 0.29) is 17.5 Å². The van der Waals surface area contributed by atoms with Gasteiger partial charge < -0.3 is 9.84 Å². The third-order valence-electron chi connectivity index (χ3n) is 2.18. The molecule has 0 spiro atoms. The van der Waals surface area contributed by atoms with E-state index in [0.717, 1.165) is 11.8 Å². The lowest BCUT2D eigenvalue weighted by molar-refractivity contribution is -0.133. The number of rotatable bonds is 7. The Kier molecular flexibility index (Phi) is 5.23. The summed E-state index contributed by atoms with van der Waals surface area (Å²) in [6.07, 6.45) is 0.663. The second-order valence-electron chi connectivity index (χ2n) is 3.49. The molecule has 2 N–H and O–H groups in total. The molecule has 17 heavy (non-hydrogen) atoms. The first kappa shape index (κ1) is 13.8. The summed E-state index contributed by atoms with van der Waals surface area (Å²) in [5.74, 6) is -1.07. The Balaban J connectivity index is 2.78. The average molecular weight is 261 g/mol. The third kappa shape index (κ3) is 3.90. The number of thioether (sulfide) groups is 1. The Bertz CT molecular complexity index is 428. The molecule has 1 heterocycles. The van der Waals surface area contributed by atoms with Crippen LogP contribution in [0.5, 0.6) is 0 Å². The summed E-state index contributed by atoms with van der Waals surface area (Å²) in [7, 11) is 1.59. The molecule has 1 aromatic heterocycles. The van der Waals surface area contributed by atoms with Crippen LogP contribution in [-0.4, -0.2) is 45.3 Å². The number of H-pyrrole nitrogens is 1. The van der Waals surface area contributed by atoms with E-state index in [4.69, 9.17) is 9.84 Å². The molecule has 0 aromatic carbocycles. The van der Waals surface area contributed by atoms with Crippen molar-refractivity contribution in [3.8, 4) is 0 Å². The van der Waals surface area contributed by atoms with Gasteiger partial charge in [0.1, 0.15) is 0 Å². The first-order chi connectivity index (χ1) is 8.06. The van der Waals surface area contributed by atoms with Crippen molar-refractivity contribution in [3.63, 3.8) is 0 Å². The van der Waals surface area contributed by atoms with Crippen LogP contribution < -0.4 is 5.69 Å². The molecule has 8 heteroatoms. The lowest BCUT2D eigenvalue weighted by atomic mass is 10.2. The number of hydrogen-bond acceptors (Lipinski definition) is 5. The van der Waals surface area contributed by atoms with Gasteiger partial charge in [0.2, 0.25) is 0 Å². The fourth-order valence-electron chi connectivity index (χ4n) is 1.32. The number of hydrogen-bond donors (Lipinski definition) is 2. The second kappa shape index (κ2) is 6.45. The number of carboxylic acid groups (broad SMARTS) is 1. The molecule has 0 radical (unpaired) electrons. The van der Waals surface area contributed by atoms with Crippen molar-refractivity contribution in [2.75, 3.05) is 19.5 Å². The zero-order valence-corrected chi connectivity index (χ0v) is 10.5. The molecule has 1 unspecified atom stereocenters. The van der Waals surface area contributed by atoms with Crippen molar-refractivity contribution in [3.05, 3.63) is 10.5 Å². The number of nitrogens with one attached hydrogen (secondary N) is 1. The lowest BCUT2D eigenvalue weighted by Gasteiger charge is -2.13. The average Bonchev–Trinajstić information content (AvgIpc) is 2.64. The second-order valence-corrected chi connectivity index (χ2v) is 4.44.